The zero-order valence-electron chi connectivity index (χ0n) is 17.3. The summed E-state index contributed by atoms with van der Waals surface area (Å²) in [6.07, 6.45) is 0. The summed E-state index contributed by atoms with van der Waals surface area (Å²) in [6, 6.07) is 22.3. The van der Waals surface area contributed by atoms with Crippen LogP contribution in [0.4, 0.5) is 5.69 Å². The van der Waals surface area contributed by atoms with Crippen molar-refractivity contribution in [2.45, 2.75) is 11.8 Å². The highest BCUT2D eigenvalue weighted by molar-refractivity contribution is 9.10. The van der Waals surface area contributed by atoms with Crippen molar-refractivity contribution in [1.82, 2.24) is 9.36 Å². The van der Waals surface area contributed by atoms with Gasteiger partial charge in [0.05, 0.1) is 16.3 Å². The third-order valence-corrected chi connectivity index (χ3v) is 6.87. The van der Waals surface area contributed by atoms with E-state index in [1.54, 1.807) is 55.1 Å². The number of hydrogen-bond donors (Lipinski definition) is 1. The standard InChI is InChI=1S/C23H20BrN3O4S/c1-16-22(23(28)27(26(16)2)18-6-4-3-5-7-18)25-32(29,30)21-14-12-20(13-15-21)31-19-10-8-17(24)9-11-19/h3-15,25H,1-2H3. The smallest absolute Gasteiger partial charge is 0.296 e. The molecular formula is C23H20BrN3O4S. The molecule has 9 heteroatoms. The van der Waals surface area contributed by atoms with Gasteiger partial charge in [0.1, 0.15) is 17.2 Å². The minimum Gasteiger partial charge on any atom is -0.457 e. The summed E-state index contributed by atoms with van der Waals surface area (Å²) in [5.74, 6) is 1.12. The number of benzene rings is 3. The molecule has 0 atom stereocenters. The Hall–Kier alpha value is -3.30. The van der Waals surface area contributed by atoms with Gasteiger partial charge in [-0.3, -0.25) is 14.2 Å². The average Bonchev–Trinajstić information content (AvgIpc) is 2.99. The molecule has 1 heterocycles. The van der Waals surface area contributed by atoms with E-state index in [4.69, 9.17) is 4.74 Å². The van der Waals surface area contributed by atoms with Crippen LogP contribution in [0.25, 0.3) is 5.69 Å². The molecule has 3 aromatic carbocycles. The Labute approximate surface area is 194 Å². The average molecular weight is 514 g/mol. The molecule has 4 aromatic rings. The maximum atomic E-state index is 13.0. The minimum absolute atomic E-state index is 0.00606. The third-order valence-electron chi connectivity index (χ3n) is 4.97. The van der Waals surface area contributed by atoms with Crippen LogP contribution in [-0.2, 0) is 17.1 Å². The lowest BCUT2D eigenvalue weighted by atomic mass is 10.3. The van der Waals surface area contributed by atoms with Gasteiger partial charge in [0.2, 0.25) is 0 Å². The number of nitrogens with zero attached hydrogens (tertiary/aromatic N) is 2. The molecule has 0 unspecified atom stereocenters. The Morgan fingerprint density at radius 1 is 0.875 bits per heavy atom. The van der Waals surface area contributed by atoms with Crippen LogP contribution in [0.15, 0.2) is 93.0 Å². The second-order valence-electron chi connectivity index (χ2n) is 7.07. The highest BCUT2D eigenvalue weighted by Gasteiger charge is 2.22. The van der Waals surface area contributed by atoms with Crippen LogP contribution in [0.3, 0.4) is 0 Å². The number of aromatic nitrogens is 2. The summed E-state index contributed by atoms with van der Waals surface area (Å²) in [7, 11) is -2.27. The normalized spacial score (nSPS) is 11.3. The van der Waals surface area contributed by atoms with Crippen LogP contribution in [0, 0.1) is 6.92 Å². The fourth-order valence-electron chi connectivity index (χ4n) is 3.20. The van der Waals surface area contributed by atoms with Crippen LogP contribution in [0.5, 0.6) is 11.5 Å². The predicted molar refractivity (Wildman–Crippen MR) is 127 cm³/mol. The molecular weight excluding hydrogens is 494 g/mol. The highest BCUT2D eigenvalue weighted by atomic mass is 79.9. The first-order valence-electron chi connectivity index (χ1n) is 9.66. The molecule has 0 saturated carbocycles. The van der Waals surface area contributed by atoms with Crippen molar-refractivity contribution in [1.29, 1.82) is 0 Å². The molecule has 0 aliphatic carbocycles. The minimum atomic E-state index is -3.98. The van der Waals surface area contributed by atoms with Crippen LogP contribution in [0.1, 0.15) is 5.69 Å². The topological polar surface area (TPSA) is 82.3 Å². The van der Waals surface area contributed by atoms with E-state index in [1.807, 2.05) is 30.3 Å². The van der Waals surface area contributed by atoms with Crippen molar-refractivity contribution in [3.05, 3.63) is 99.4 Å². The number of hydrogen-bond acceptors (Lipinski definition) is 4. The van der Waals surface area contributed by atoms with Crippen LogP contribution in [0.2, 0.25) is 0 Å². The number of para-hydroxylation sites is 1. The molecule has 0 saturated heterocycles. The molecule has 0 fully saturated rings. The van der Waals surface area contributed by atoms with Gasteiger partial charge in [0.15, 0.2) is 0 Å². The van der Waals surface area contributed by atoms with Crippen molar-refractivity contribution >= 4 is 31.6 Å². The van der Waals surface area contributed by atoms with Crippen molar-refractivity contribution in [3.63, 3.8) is 0 Å². The predicted octanol–water partition coefficient (Wildman–Crippen LogP) is 4.84. The molecule has 164 valence electrons. The van der Waals surface area contributed by atoms with Crippen molar-refractivity contribution < 1.29 is 13.2 Å². The first-order valence-corrected chi connectivity index (χ1v) is 11.9. The van der Waals surface area contributed by atoms with Crippen LogP contribution < -0.4 is 15.0 Å². The summed E-state index contributed by atoms with van der Waals surface area (Å²) in [5, 5.41) is 0. The molecule has 0 aliphatic rings. The molecule has 0 aliphatic heterocycles. The van der Waals surface area contributed by atoms with E-state index in [2.05, 4.69) is 20.7 Å². The fourth-order valence-corrected chi connectivity index (χ4v) is 4.59. The van der Waals surface area contributed by atoms with E-state index in [0.717, 1.165) is 4.47 Å². The Balaban J connectivity index is 1.60. The molecule has 1 aromatic heterocycles. The number of anilines is 1. The number of halogens is 1. The van der Waals surface area contributed by atoms with Crippen LogP contribution >= 0.6 is 15.9 Å². The molecule has 0 amide bonds. The summed E-state index contributed by atoms with van der Waals surface area (Å²) >= 11 is 3.36. The molecule has 0 radical (unpaired) electrons. The van der Waals surface area contributed by atoms with Gasteiger partial charge in [-0.1, -0.05) is 34.1 Å². The van der Waals surface area contributed by atoms with E-state index >= 15 is 0 Å². The molecule has 4 rings (SSSR count). The van der Waals surface area contributed by atoms with Gasteiger partial charge in [0, 0.05) is 11.5 Å². The van der Waals surface area contributed by atoms with Crippen molar-refractivity contribution in [2.24, 2.45) is 7.05 Å². The monoisotopic (exact) mass is 513 g/mol. The summed E-state index contributed by atoms with van der Waals surface area (Å²) in [6.45, 7) is 1.69. The zero-order valence-corrected chi connectivity index (χ0v) is 19.7. The second-order valence-corrected chi connectivity index (χ2v) is 9.67. The Kier molecular flexibility index (Phi) is 5.94. The maximum absolute atomic E-state index is 13.0. The van der Waals surface area contributed by atoms with Crippen molar-refractivity contribution in [2.75, 3.05) is 4.72 Å². The Morgan fingerprint density at radius 3 is 2.03 bits per heavy atom. The first-order chi connectivity index (χ1) is 15.3. The SMILES string of the molecule is Cc1c(NS(=O)(=O)c2ccc(Oc3ccc(Br)cc3)cc2)c(=O)n(-c2ccccc2)n1C. The van der Waals surface area contributed by atoms with Crippen molar-refractivity contribution in [3.8, 4) is 17.2 Å². The molecule has 32 heavy (non-hydrogen) atoms. The lowest BCUT2D eigenvalue weighted by Crippen LogP contribution is -2.23. The zero-order chi connectivity index (χ0) is 22.9. The highest BCUT2D eigenvalue weighted by Crippen LogP contribution is 2.25. The largest absolute Gasteiger partial charge is 0.457 e. The van der Waals surface area contributed by atoms with E-state index < -0.39 is 15.6 Å². The summed E-state index contributed by atoms with van der Waals surface area (Å²) in [4.78, 5) is 13.0. The van der Waals surface area contributed by atoms with Crippen LogP contribution in [-0.4, -0.2) is 17.8 Å². The van der Waals surface area contributed by atoms with Gasteiger partial charge in [-0.25, -0.2) is 13.1 Å². The Bertz CT molecular complexity index is 1410. The molecule has 0 bridgehead atoms. The lowest BCUT2D eigenvalue weighted by Gasteiger charge is -2.09. The maximum Gasteiger partial charge on any atom is 0.296 e. The first kappa shape index (κ1) is 21.9. The van der Waals surface area contributed by atoms with E-state index in [0.29, 0.717) is 22.9 Å². The van der Waals surface area contributed by atoms with E-state index in [9.17, 15) is 13.2 Å². The van der Waals surface area contributed by atoms with E-state index in [1.165, 1.54) is 16.8 Å². The quantitative estimate of drug-likeness (QED) is 0.399. The van der Waals surface area contributed by atoms with Gasteiger partial charge in [-0.15, -0.1) is 0 Å². The number of sulfonamides is 1. The lowest BCUT2D eigenvalue weighted by molar-refractivity contribution is 0.482. The Morgan fingerprint density at radius 2 is 1.44 bits per heavy atom. The van der Waals surface area contributed by atoms with Gasteiger partial charge in [0.25, 0.3) is 15.6 Å². The summed E-state index contributed by atoms with van der Waals surface area (Å²) in [5.41, 5.74) is 0.696. The van der Waals surface area contributed by atoms with Gasteiger partial charge >= 0.3 is 0 Å². The number of rotatable bonds is 6. The number of nitrogens with one attached hydrogen (secondary N) is 1. The van der Waals surface area contributed by atoms with E-state index in [-0.39, 0.29) is 10.6 Å². The summed E-state index contributed by atoms with van der Waals surface area (Å²) < 4.78 is 38.1. The molecule has 1 N–H and O–H groups in total. The second kappa shape index (κ2) is 8.68. The third kappa shape index (κ3) is 4.35. The fraction of sp³-hybridized carbons (Fsp3) is 0.0870. The molecule has 0 spiro atoms. The van der Waals surface area contributed by atoms with Gasteiger partial charge < -0.3 is 4.74 Å². The molecule has 7 nitrogen and oxygen atoms in total. The van der Waals surface area contributed by atoms with Gasteiger partial charge in [-0.2, -0.15) is 0 Å². The number of ether oxygens (including phenoxy) is 1. The van der Waals surface area contributed by atoms with Gasteiger partial charge in [-0.05, 0) is 67.6 Å².